The van der Waals surface area contributed by atoms with Crippen molar-refractivity contribution in [2.75, 3.05) is 26.9 Å². The number of nitrogens with one attached hydrogen (secondary N) is 3. The number of hydrogen-bond acceptors (Lipinski definition) is 7. The van der Waals surface area contributed by atoms with Crippen LogP contribution in [0.25, 0.3) is 54.7 Å². The zero-order chi connectivity index (χ0) is 41.6. The van der Waals surface area contributed by atoms with Crippen molar-refractivity contribution >= 4 is 61.5 Å². The first-order chi connectivity index (χ1) is 28.9. The molecule has 3 amide bonds. The van der Waals surface area contributed by atoms with E-state index in [1.807, 2.05) is 18.7 Å². The van der Waals surface area contributed by atoms with Crippen LogP contribution in [0.4, 0.5) is 4.79 Å². The number of methoxy groups -OCH3 is 1. The minimum absolute atomic E-state index is 0.0304. The van der Waals surface area contributed by atoms with Gasteiger partial charge in [0.1, 0.15) is 17.7 Å². The van der Waals surface area contributed by atoms with Crippen LogP contribution >= 0.6 is 0 Å². The number of piperidine rings is 1. The highest BCUT2D eigenvalue weighted by Gasteiger charge is 2.56. The number of alkyl carbamates (subject to hydrolysis) is 1. The number of H-pyrrole nitrogens is 2. The van der Waals surface area contributed by atoms with E-state index in [4.69, 9.17) is 19.4 Å². The maximum Gasteiger partial charge on any atom is 0.407 e. The van der Waals surface area contributed by atoms with Gasteiger partial charge in [0.15, 0.2) is 0 Å². The van der Waals surface area contributed by atoms with Crippen LogP contribution < -0.4 is 5.32 Å². The second kappa shape index (κ2) is 14.6. The number of nitrogens with zero attached hydrogens (tertiary/aromatic N) is 4. The molecule has 4 aliphatic rings. The highest BCUT2D eigenvalue weighted by molar-refractivity contribution is 6.07. The first-order valence-electron chi connectivity index (χ1n) is 21.8. The molecule has 4 fully saturated rings. The molecule has 1 spiro atoms. The van der Waals surface area contributed by atoms with Gasteiger partial charge in [0, 0.05) is 41.3 Å². The van der Waals surface area contributed by atoms with Crippen LogP contribution in [0.15, 0.2) is 60.7 Å². The van der Waals surface area contributed by atoms with Gasteiger partial charge in [0.05, 0.1) is 47.9 Å². The summed E-state index contributed by atoms with van der Waals surface area (Å²) in [6.45, 7) is 12.4. The maximum absolute atomic E-state index is 14.0. The zero-order valence-corrected chi connectivity index (χ0v) is 35.4. The lowest BCUT2D eigenvalue weighted by atomic mass is 9.80. The van der Waals surface area contributed by atoms with Gasteiger partial charge >= 0.3 is 6.09 Å². The fourth-order valence-corrected chi connectivity index (χ4v) is 10.5. The van der Waals surface area contributed by atoms with Crippen LogP contribution in [0.2, 0.25) is 0 Å². The second-order valence-electron chi connectivity index (χ2n) is 18.8. The molecular formula is C48H55N7O5. The lowest BCUT2D eigenvalue weighted by Crippen LogP contribution is -2.52. The number of ether oxygens (including phenoxy) is 2. The molecular weight excluding hydrogens is 755 g/mol. The van der Waals surface area contributed by atoms with E-state index < -0.39 is 12.1 Å². The van der Waals surface area contributed by atoms with Gasteiger partial charge in [0.25, 0.3) is 0 Å². The van der Waals surface area contributed by atoms with Crippen molar-refractivity contribution in [3.63, 3.8) is 0 Å². The predicted octanol–water partition coefficient (Wildman–Crippen LogP) is 8.82. The number of amides is 3. The molecule has 0 bridgehead atoms. The molecule has 6 aromatic rings. The first-order valence-corrected chi connectivity index (χ1v) is 21.8. The van der Waals surface area contributed by atoms with Crippen LogP contribution in [0.5, 0.6) is 0 Å². The van der Waals surface area contributed by atoms with E-state index >= 15 is 0 Å². The fraction of sp³-hybridized carbons (Fsp3) is 0.479. The lowest BCUT2D eigenvalue weighted by molar-refractivity contribution is -0.138. The van der Waals surface area contributed by atoms with Crippen molar-refractivity contribution in [3.8, 4) is 11.1 Å². The molecule has 60 heavy (non-hydrogen) atoms. The van der Waals surface area contributed by atoms with Gasteiger partial charge in [-0.3, -0.25) is 9.59 Å². The molecule has 3 saturated heterocycles. The first kappa shape index (κ1) is 38.7. The molecule has 5 heterocycles. The summed E-state index contributed by atoms with van der Waals surface area (Å²) in [5.41, 5.74) is 5.91. The van der Waals surface area contributed by atoms with Gasteiger partial charge in [-0.25, -0.2) is 14.8 Å². The summed E-state index contributed by atoms with van der Waals surface area (Å²) in [5.74, 6) is 2.29. The lowest BCUT2D eigenvalue weighted by Gasteiger charge is -2.33. The Kier molecular flexibility index (Phi) is 9.42. The molecule has 0 unspecified atom stereocenters. The Bertz CT molecular complexity index is 2680. The third-order valence-electron chi connectivity index (χ3n) is 14.3. The molecule has 3 N–H and O–H groups in total. The van der Waals surface area contributed by atoms with Gasteiger partial charge < -0.3 is 34.6 Å². The Hall–Kier alpha value is -5.49. The molecule has 12 nitrogen and oxygen atoms in total. The van der Waals surface area contributed by atoms with Crippen LogP contribution in [-0.2, 0) is 19.1 Å². The van der Waals surface area contributed by atoms with Crippen LogP contribution in [0.3, 0.4) is 0 Å². The largest absolute Gasteiger partial charge is 0.453 e. The van der Waals surface area contributed by atoms with Crippen LogP contribution in [-0.4, -0.2) is 86.6 Å². The Morgan fingerprint density at radius 3 is 2.02 bits per heavy atom. The van der Waals surface area contributed by atoms with E-state index in [1.54, 1.807) is 0 Å². The number of aromatic amines is 2. The van der Waals surface area contributed by atoms with Gasteiger partial charge in [-0.2, -0.15) is 0 Å². The third kappa shape index (κ3) is 6.49. The average molecular weight is 810 g/mol. The summed E-state index contributed by atoms with van der Waals surface area (Å²) < 4.78 is 10.8. The van der Waals surface area contributed by atoms with Gasteiger partial charge in [-0.15, -0.1) is 0 Å². The molecule has 0 radical (unpaired) electrons. The van der Waals surface area contributed by atoms with E-state index in [-0.39, 0.29) is 53.1 Å². The smallest absolute Gasteiger partial charge is 0.407 e. The molecule has 2 aromatic heterocycles. The maximum atomic E-state index is 14.0. The molecule has 7 atom stereocenters. The van der Waals surface area contributed by atoms with Crippen molar-refractivity contribution in [1.29, 1.82) is 0 Å². The summed E-state index contributed by atoms with van der Waals surface area (Å²) in [6, 6.07) is 20.7. The number of carbonyl (C=O) groups excluding carboxylic acids is 3. The van der Waals surface area contributed by atoms with Gasteiger partial charge in [0.2, 0.25) is 11.8 Å². The van der Waals surface area contributed by atoms with Crippen molar-refractivity contribution in [3.05, 3.63) is 72.3 Å². The standard InChI is InChI=1S/C48H55N7O5/c1-25(2)27(5)45(56)54-23-48(16-7-17-60-24-48)22-39(54)44-50-36-15-11-31-19-29(9-13-34(31)42(36)52-44)28-8-12-33-30(18-28)10-14-35-41(33)51-43(49-35)38-21-32-20-37(32)55(38)46(57)40(26(3)4)53-47(58)59-6/h8-15,18-19,25-27,32,37-40H,7,16-17,20-24H2,1-6H3,(H,49,51)(H,50,52)(H,53,58)/t27-,32+,37+,38-,39-,40-,48-/m0/s1. The average Bonchev–Trinajstić information content (AvgIpc) is 3.64. The summed E-state index contributed by atoms with van der Waals surface area (Å²) in [4.78, 5) is 61.6. The van der Waals surface area contributed by atoms with E-state index in [2.05, 4.69) is 102 Å². The number of rotatable bonds is 8. The Balaban J connectivity index is 0.934. The topological polar surface area (TPSA) is 146 Å². The van der Waals surface area contributed by atoms with Crippen molar-refractivity contribution in [1.82, 2.24) is 35.1 Å². The Labute approximate surface area is 349 Å². The summed E-state index contributed by atoms with van der Waals surface area (Å²) in [6.07, 6.45) is 4.17. The minimum atomic E-state index is -0.677. The minimum Gasteiger partial charge on any atom is -0.453 e. The SMILES string of the molecule is COC(=O)N[C@H](C(=O)N1[C@@H]2C[C@@H]2C[C@H]1c1nc2ccc3cc(-c4ccc5c(ccc6nc([C@@H]7C[C@@]8(CCCOC8)CN7C(=O)[C@@H](C)C(C)C)[nH]c65)c4)ccc3c2[nH]1)C(C)C. The van der Waals surface area contributed by atoms with Crippen molar-refractivity contribution in [2.45, 2.75) is 90.9 Å². The number of benzene rings is 4. The molecule has 1 saturated carbocycles. The summed E-state index contributed by atoms with van der Waals surface area (Å²) in [5, 5.41) is 7.15. The Morgan fingerprint density at radius 1 is 0.817 bits per heavy atom. The van der Waals surface area contributed by atoms with E-state index in [1.165, 1.54) is 7.11 Å². The van der Waals surface area contributed by atoms with Gasteiger partial charge in [-0.1, -0.05) is 71.0 Å². The highest BCUT2D eigenvalue weighted by Crippen LogP contribution is 2.54. The number of hydrogen-bond donors (Lipinski definition) is 3. The fourth-order valence-electron chi connectivity index (χ4n) is 10.5. The van der Waals surface area contributed by atoms with E-state index in [0.717, 1.165) is 105 Å². The van der Waals surface area contributed by atoms with Gasteiger partial charge in [-0.05, 0) is 96.0 Å². The van der Waals surface area contributed by atoms with Crippen molar-refractivity contribution in [2.24, 2.45) is 29.1 Å². The molecule has 312 valence electrons. The zero-order valence-electron chi connectivity index (χ0n) is 35.4. The number of carbonyl (C=O) groups is 3. The molecule has 10 rings (SSSR count). The number of aromatic nitrogens is 4. The molecule has 4 aromatic carbocycles. The third-order valence-corrected chi connectivity index (χ3v) is 14.3. The van der Waals surface area contributed by atoms with Crippen molar-refractivity contribution < 1.29 is 23.9 Å². The van der Waals surface area contributed by atoms with Crippen LogP contribution in [0, 0.1) is 29.1 Å². The monoisotopic (exact) mass is 809 g/mol. The molecule has 1 aliphatic carbocycles. The number of imidazole rings is 2. The van der Waals surface area contributed by atoms with E-state index in [9.17, 15) is 14.4 Å². The van der Waals surface area contributed by atoms with Crippen LogP contribution in [0.1, 0.15) is 90.5 Å². The number of likely N-dealkylation sites (tertiary alicyclic amines) is 2. The molecule has 3 aliphatic heterocycles. The summed E-state index contributed by atoms with van der Waals surface area (Å²) >= 11 is 0. The second-order valence-corrected chi connectivity index (χ2v) is 18.8. The number of fused-ring (bicyclic) bond motifs is 7. The summed E-state index contributed by atoms with van der Waals surface area (Å²) in [7, 11) is 1.31. The Morgan fingerprint density at radius 2 is 1.45 bits per heavy atom. The highest BCUT2D eigenvalue weighted by atomic mass is 16.5. The van der Waals surface area contributed by atoms with E-state index in [0.29, 0.717) is 19.1 Å². The quantitative estimate of drug-likeness (QED) is 0.139. The molecule has 12 heteroatoms. The predicted molar refractivity (Wildman–Crippen MR) is 232 cm³/mol. The normalized spacial score (nSPS) is 24.9.